The topological polar surface area (TPSA) is 105 Å². The number of likely N-dealkylation sites (N-methyl/N-ethyl adjacent to an activating group) is 2. The van der Waals surface area contributed by atoms with Crippen molar-refractivity contribution >= 4 is 35.0 Å². The fourth-order valence-electron chi connectivity index (χ4n) is 5.82. The number of aromatic amines is 1. The molecule has 2 atom stereocenters. The number of amides is 2. The highest BCUT2D eigenvalue weighted by Gasteiger charge is 2.23. The van der Waals surface area contributed by atoms with E-state index in [1.54, 1.807) is 49.2 Å². The van der Waals surface area contributed by atoms with E-state index in [-0.39, 0.29) is 23.7 Å². The molecule has 2 aromatic heterocycles. The number of nitrogens with zero attached hydrogens (tertiary/aromatic N) is 3. The summed E-state index contributed by atoms with van der Waals surface area (Å²) >= 11 is 11.9. The molecule has 0 aliphatic heterocycles. The highest BCUT2D eigenvalue weighted by atomic mass is 35.5. The number of aryl methyl sites for hydroxylation is 3. The average molecular weight is 694 g/mol. The summed E-state index contributed by atoms with van der Waals surface area (Å²) in [7, 11) is 5.21. The van der Waals surface area contributed by atoms with Gasteiger partial charge in [-0.15, -0.1) is 0 Å². The fourth-order valence-corrected chi connectivity index (χ4v) is 6.08. The van der Waals surface area contributed by atoms with Crippen molar-refractivity contribution in [3.63, 3.8) is 0 Å². The van der Waals surface area contributed by atoms with Crippen LogP contribution in [0.4, 0.5) is 0 Å². The predicted octanol–water partition coefficient (Wildman–Crippen LogP) is 7.84. The molecule has 2 heterocycles. The lowest BCUT2D eigenvalue weighted by Gasteiger charge is -2.17. The average Bonchev–Trinajstić information content (AvgIpc) is 3.70. The number of carbonyl (C=O) groups excluding carboxylic acids is 2. The molecule has 6 aromatic rings. The standard InChI is InChI=1S/C20H20ClN3O.C19H18ClN3O/c1-13-18(12-24(3)23-13)14-4-6-15(7-5-14)19(20(25)22-2)16-8-10-17(21)11-9-16;1-12-17(11-22-23-12)13-3-5-14(6-4-13)18(19(24)21-2)15-7-9-16(20)10-8-15/h4-12,19H,1-3H3,(H,22,25);3-11,18H,1-2H3,(H,21,24)(H,22,23). The molecule has 49 heavy (non-hydrogen) atoms. The first-order valence-electron chi connectivity index (χ1n) is 15.7. The quantitative estimate of drug-likeness (QED) is 0.151. The fraction of sp³-hybridized carbons (Fsp3) is 0.179. The summed E-state index contributed by atoms with van der Waals surface area (Å²) in [5.74, 6) is -0.838. The maximum absolute atomic E-state index is 12.5. The van der Waals surface area contributed by atoms with E-state index in [1.807, 2.05) is 99.9 Å². The number of hydrogen-bond acceptors (Lipinski definition) is 4. The monoisotopic (exact) mass is 692 g/mol. The van der Waals surface area contributed by atoms with E-state index >= 15 is 0 Å². The van der Waals surface area contributed by atoms with E-state index in [0.29, 0.717) is 10.0 Å². The molecule has 0 aliphatic rings. The third kappa shape index (κ3) is 8.28. The molecule has 0 saturated carbocycles. The van der Waals surface area contributed by atoms with Crippen molar-refractivity contribution in [1.82, 2.24) is 30.6 Å². The van der Waals surface area contributed by atoms with Crippen LogP contribution in [0.2, 0.25) is 10.0 Å². The van der Waals surface area contributed by atoms with Gasteiger partial charge in [0.05, 0.1) is 23.7 Å². The van der Waals surface area contributed by atoms with Gasteiger partial charge in [0.1, 0.15) is 0 Å². The molecule has 8 nitrogen and oxygen atoms in total. The minimum atomic E-state index is -0.369. The lowest BCUT2D eigenvalue weighted by atomic mass is 9.89. The second-order valence-corrected chi connectivity index (χ2v) is 12.5. The SMILES string of the molecule is CNC(=O)C(c1ccc(Cl)cc1)c1ccc(-c2cn(C)nc2C)cc1.CNC(=O)C(c1ccc(Cl)cc1)c1ccc(-c2cn[nH]c2C)cc1. The lowest BCUT2D eigenvalue weighted by molar-refractivity contribution is -0.122. The number of benzene rings is 4. The van der Waals surface area contributed by atoms with Gasteiger partial charge in [-0.2, -0.15) is 10.2 Å². The molecule has 250 valence electrons. The molecule has 4 aromatic carbocycles. The smallest absolute Gasteiger partial charge is 0.231 e. The van der Waals surface area contributed by atoms with Crippen LogP contribution in [-0.2, 0) is 16.6 Å². The van der Waals surface area contributed by atoms with E-state index in [4.69, 9.17) is 23.2 Å². The largest absolute Gasteiger partial charge is 0.358 e. The maximum atomic E-state index is 12.5. The van der Waals surface area contributed by atoms with Crippen LogP contribution < -0.4 is 10.6 Å². The Balaban J connectivity index is 0.000000191. The second kappa shape index (κ2) is 15.8. The summed E-state index contributed by atoms with van der Waals surface area (Å²) in [5, 5.41) is 18.2. The Kier molecular flexibility index (Phi) is 11.3. The molecule has 3 N–H and O–H groups in total. The summed E-state index contributed by atoms with van der Waals surface area (Å²) in [6.07, 6.45) is 3.81. The number of nitrogens with one attached hydrogen (secondary N) is 3. The van der Waals surface area contributed by atoms with Crippen LogP contribution in [0.5, 0.6) is 0 Å². The van der Waals surface area contributed by atoms with Crippen molar-refractivity contribution in [1.29, 1.82) is 0 Å². The van der Waals surface area contributed by atoms with E-state index < -0.39 is 0 Å². The number of carbonyl (C=O) groups is 2. The molecule has 0 bridgehead atoms. The summed E-state index contributed by atoms with van der Waals surface area (Å²) in [6.45, 7) is 3.97. The first kappa shape index (κ1) is 35.1. The molecule has 0 spiro atoms. The molecular weight excluding hydrogens is 655 g/mol. The Morgan fingerprint density at radius 3 is 1.37 bits per heavy atom. The van der Waals surface area contributed by atoms with Gasteiger partial charge in [-0.1, -0.05) is 96.0 Å². The van der Waals surface area contributed by atoms with E-state index in [2.05, 4.69) is 25.9 Å². The summed E-state index contributed by atoms with van der Waals surface area (Å²) < 4.78 is 1.81. The zero-order valence-electron chi connectivity index (χ0n) is 28.0. The van der Waals surface area contributed by atoms with Crippen molar-refractivity contribution in [2.45, 2.75) is 25.7 Å². The number of H-pyrrole nitrogens is 1. The normalized spacial score (nSPS) is 12.0. The maximum Gasteiger partial charge on any atom is 0.231 e. The van der Waals surface area contributed by atoms with Gasteiger partial charge in [0.2, 0.25) is 11.8 Å². The van der Waals surface area contributed by atoms with Gasteiger partial charge in [-0.05, 0) is 71.5 Å². The summed E-state index contributed by atoms with van der Waals surface area (Å²) in [4.78, 5) is 24.9. The van der Waals surface area contributed by atoms with Crippen molar-refractivity contribution in [3.8, 4) is 22.3 Å². The van der Waals surface area contributed by atoms with Gasteiger partial charge in [-0.3, -0.25) is 19.4 Å². The van der Waals surface area contributed by atoms with Crippen LogP contribution in [-0.4, -0.2) is 45.9 Å². The number of halogens is 2. The van der Waals surface area contributed by atoms with Crippen LogP contribution in [0.25, 0.3) is 22.3 Å². The molecule has 2 unspecified atom stereocenters. The van der Waals surface area contributed by atoms with Gasteiger partial charge >= 0.3 is 0 Å². The van der Waals surface area contributed by atoms with Gasteiger partial charge in [0, 0.05) is 54.2 Å². The molecular formula is C39H38Cl2N6O2. The van der Waals surface area contributed by atoms with E-state index in [0.717, 1.165) is 55.9 Å². The zero-order valence-corrected chi connectivity index (χ0v) is 29.5. The third-order valence-electron chi connectivity index (χ3n) is 8.38. The van der Waals surface area contributed by atoms with Gasteiger partial charge in [-0.25, -0.2) is 0 Å². The highest BCUT2D eigenvalue weighted by Crippen LogP contribution is 2.31. The Hall–Kier alpha value is -5.18. The van der Waals surface area contributed by atoms with Crippen LogP contribution in [0.3, 0.4) is 0 Å². The summed E-state index contributed by atoms with van der Waals surface area (Å²) in [5.41, 5.74) is 9.99. The molecule has 10 heteroatoms. The minimum absolute atomic E-state index is 0.0485. The predicted molar refractivity (Wildman–Crippen MR) is 197 cm³/mol. The van der Waals surface area contributed by atoms with Crippen molar-refractivity contribution < 1.29 is 9.59 Å². The highest BCUT2D eigenvalue weighted by molar-refractivity contribution is 6.30. The van der Waals surface area contributed by atoms with Crippen molar-refractivity contribution in [2.24, 2.45) is 7.05 Å². The molecule has 0 radical (unpaired) electrons. The second-order valence-electron chi connectivity index (χ2n) is 11.7. The zero-order chi connectivity index (χ0) is 35.1. The molecule has 0 saturated heterocycles. The lowest BCUT2D eigenvalue weighted by Crippen LogP contribution is -2.26. The number of aromatic nitrogens is 4. The van der Waals surface area contributed by atoms with Gasteiger partial charge in [0.25, 0.3) is 0 Å². The van der Waals surface area contributed by atoms with Crippen LogP contribution in [0.15, 0.2) is 109 Å². The van der Waals surface area contributed by atoms with E-state index in [1.165, 1.54) is 0 Å². The first-order chi connectivity index (χ1) is 23.6. The Labute approximate surface area is 296 Å². The number of rotatable bonds is 8. The van der Waals surface area contributed by atoms with E-state index in [9.17, 15) is 9.59 Å². The summed E-state index contributed by atoms with van der Waals surface area (Å²) in [6, 6.07) is 30.8. The molecule has 0 aliphatic carbocycles. The Bertz CT molecular complexity index is 2020. The molecule has 0 fully saturated rings. The van der Waals surface area contributed by atoms with Crippen molar-refractivity contribution in [3.05, 3.63) is 153 Å². The van der Waals surface area contributed by atoms with Crippen LogP contribution >= 0.6 is 23.2 Å². The molecule has 2 amide bonds. The van der Waals surface area contributed by atoms with Crippen LogP contribution in [0.1, 0.15) is 45.5 Å². The van der Waals surface area contributed by atoms with Crippen LogP contribution in [0, 0.1) is 13.8 Å². The van der Waals surface area contributed by atoms with Gasteiger partial charge in [0.15, 0.2) is 0 Å². The third-order valence-corrected chi connectivity index (χ3v) is 8.88. The molecule has 6 rings (SSSR count). The van der Waals surface area contributed by atoms with Crippen molar-refractivity contribution in [2.75, 3.05) is 14.1 Å². The van der Waals surface area contributed by atoms with Gasteiger partial charge < -0.3 is 10.6 Å². The first-order valence-corrected chi connectivity index (χ1v) is 16.5. The Morgan fingerprint density at radius 2 is 1.04 bits per heavy atom. The number of hydrogen-bond donors (Lipinski definition) is 3. The Morgan fingerprint density at radius 1 is 0.653 bits per heavy atom. The minimum Gasteiger partial charge on any atom is -0.358 e.